The Hall–Kier alpha value is -1.06. The molecule has 0 unspecified atom stereocenters. The van der Waals surface area contributed by atoms with Crippen LogP contribution < -0.4 is 11.1 Å². The lowest BCUT2D eigenvalue weighted by atomic mass is 10.3. The average Bonchev–Trinajstić information content (AvgIpc) is 2.84. The third-order valence-corrected chi connectivity index (χ3v) is 5.22. The third kappa shape index (κ3) is 4.22. The Morgan fingerprint density at radius 2 is 2.10 bits per heavy atom. The summed E-state index contributed by atoms with van der Waals surface area (Å²) < 4.78 is 1.06. The molecule has 2 aromatic rings. The van der Waals surface area contributed by atoms with Gasteiger partial charge in [0.2, 0.25) is 5.91 Å². The van der Waals surface area contributed by atoms with E-state index in [0.717, 1.165) is 7.78 Å². The topological polar surface area (TPSA) is 72.2 Å². The van der Waals surface area contributed by atoms with Crippen LogP contribution in [0.15, 0.2) is 40.6 Å². The number of carbonyl (C=O) groups excluding carboxylic acids is 2. The molecule has 0 saturated carbocycles. The van der Waals surface area contributed by atoms with Gasteiger partial charge in [-0.2, -0.15) is 0 Å². The lowest BCUT2D eigenvalue weighted by Gasteiger charge is -2.09. The molecule has 2 amide bonds. The van der Waals surface area contributed by atoms with Crippen molar-refractivity contribution in [1.82, 2.24) is 0 Å². The SMILES string of the molecule is NC(=O)CSc1ccccc1NC(=O)c1csc(I)c1. The van der Waals surface area contributed by atoms with Gasteiger partial charge in [0.15, 0.2) is 0 Å². The molecule has 0 aliphatic carbocycles. The molecular formula is C13H11IN2O2S2. The number of nitrogens with two attached hydrogens (primary N) is 1. The maximum atomic E-state index is 12.1. The summed E-state index contributed by atoms with van der Waals surface area (Å²) in [6.07, 6.45) is 0. The number of carbonyl (C=O) groups is 2. The van der Waals surface area contributed by atoms with Crippen molar-refractivity contribution in [1.29, 1.82) is 0 Å². The number of hydrogen-bond acceptors (Lipinski definition) is 4. The number of anilines is 1. The maximum Gasteiger partial charge on any atom is 0.256 e. The minimum Gasteiger partial charge on any atom is -0.369 e. The number of amides is 2. The quantitative estimate of drug-likeness (QED) is 0.579. The first kappa shape index (κ1) is 15.3. The van der Waals surface area contributed by atoms with Crippen molar-refractivity contribution in [2.45, 2.75) is 4.90 Å². The van der Waals surface area contributed by atoms with Crippen molar-refractivity contribution < 1.29 is 9.59 Å². The Labute approximate surface area is 138 Å². The van der Waals surface area contributed by atoms with Crippen LogP contribution in [0, 0.1) is 2.88 Å². The van der Waals surface area contributed by atoms with Crippen LogP contribution in [0.1, 0.15) is 10.4 Å². The minimum absolute atomic E-state index is 0.156. The van der Waals surface area contributed by atoms with Crippen LogP contribution in [0.5, 0.6) is 0 Å². The Morgan fingerprint density at radius 1 is 1.35 bits per heavy atom. The van der Waals surface area contributed by atoms with Gasteiger partial charge in [-0.1, -0.05) is 12.1 Å². The first-order valence-corrected chi connectivity index (χ1v) is 8.56. The van der Waals surface area contributed by atoms with Crippen LogP contribution in [-0.4, -0.2) is 17.6 Å². The summed E-state index contributed by atoms with van der Waals surface area (Å²) in [5, 5.41) is 4.67. The van der Waals surface area contributed by atoms with E-state index in [1.807, 2.05) is 29.6 Å². The van der Waals surface area contributed by atoms with E-state index in [-0.39, 0.29) is 17.6 Å². The molecule has 0 fully saturated rings. The number of hydrogen-bond donors (Lipinski definition) is 2. The zero-order valence-electron chi connectivity index (χ0n) is 10.3. The highest BCUT2D eigenvalue weighted by Crippen LogP contribution is 2.27. The lowest BCUT2D eigenvalue weighted by Crippen LogP contribution is -2.14. The number of rotatable bonds is 5. The summed E-state index contributed by atoms with van der Waals surface area (Å²) in [6.45, 7) is 0. The molecule has 2 rings (SSSR count). The molecule has 1 heterocycles. The smallest absolute Gasteiger partial charge is 0.256 e. The number of halogens is 1. The van der Waals surface area contributed by atoms with Crippen LogP contribution in [0.2, 0.25) is 0 Å². The Kier molecular flexibility index (Phi) is 5.44. The lowest BCUT2D eigenvalue weighted by molar-refractivity contribution is -0.115. The summed E-state index contributed by atoms with van der Waals surface area (Å²) in [5.41, 5.74) is 6.46. The van der Waals surface area contributed by atoms with Gasteiger partial charge in [-0.15, -0.1) is 23.1 Å². The number of nitrogens with one attached hydrogen (secondary N) is 1. The Morgan fingerprint density at radius 3 is 2.75 bits per heavy atom. The highest BCUT2D eigenvalue weighted by Gasteiger charge is 2.11. The van der Waals surface area contributed by atoms with Crippen molar-refractivity contribution in [3.8, 4) is 0 Å². The molecule has 0 spiro atoms. The van der Waals surface area contributed by atoms with Crippen LogP contribution >= 0.6 is 45.7 Å². The van der Waals surface area contributed by atoms with Gasteiger partial charge in [0, 0.05) is 10.3 Å². The fraction of sp³-hybridized carbons (Fsp3) is 0.0769. The first-order chi connectivity index (χ1) is 9.56. The van der Waals surface area contributed by atoms with Crippen LogP contribution in [0.4, 0.5) is 5.69 Å². The van der Waals surface area contributed by atoms with E-state index in [4.69, 9.17) is 5.73 Å². The second-order valence-electron chi connectivity index (χ2n) is 3.84. The second kappa shape index (κ2) is 7.09. The van der Waals surface area contributed by atoms with E-state index in [0.29, 0.717) is 11.3 Å². The highest BCUT2D eigenvalue weighted by molar-refractivity contribution is 14.1. The number of primary amides is 1. The van der Waals surface area contributed by atoms with Gasteiger partial charge < -0.3 is 11.1 Å². The first-order valence-electron chi connectivity index (χ1n) is 5.62. The summed E-state index contributed by atoms with van der Waals surface area (Å²) in [7, 11) is 0. The second-order valence-corrected chi connectivity index (χ2v) is 7.67. The van der Waals surface area contributed by atoms with Crippen molar-refractivity contribution in [3.05, 3.63) is 44.2 Å². The van der Waals surface area contributed by atoms with Crippen molar-refractivity contribution >= 4 is 63.2 Å². The van der Waals surface area contributed by atoms with Crippen LogP contribution in [-0.2, 0) is 4.79 Å². The van der Waals surface area contributed by atoms with Gasteiger partial charge in [-0.25, -0.2) is 0 Å². The van der Waals surface area contributed by atoms with Gasteiger partial charge in [0.1, 0.15) is 0 Å². The van der Waals surface area contributed by atoms with Gasteiger partial charge in [-0.05, 0) is 40.8 Å². The molecule has 20 heavy (non-hydrogen) atoms. The van der Waals surface area contributed by atoms with E-state index in [1.54, 1.807) is 6.07 Å². The fourth-order valence-corrected chi connectivity index (χ4v) is 3.54. The monoisotopic (exact) mass is 418 g/mol. The molecule has 3 N–H and O–H groups in total. The minimum atomic E-state index is -0.386. The molecule has 1 aromatic carbocycles. The number of para-hydroxylation sites is 1. The van der Waals surface area contributed by atoms with Crippen molar-refractivity contribution in [3.63, 3.8) is 0 Å². The van der Waals surface area contributed by atoms with E-state index < -0.39 is 0 Å². The van der Waals surface area contributed by atoms with Crippen LogP contribution in [0.3, 0.4) is 0 Å². The van der Waals surface area contributed by atoms with E-state index in [1.165, 1.54) is 23.1 Å². The molecule has 0 radical (unpaired) electrons. The molecule has 0 saturated heterocycles. The summed E-state index contributed by atoms with van der Waals surface area (Å²) >= 11 is 5.01. The van der Waals surface area contributed by atoms with Gasteiger partial charge >= 0.3 is 0 Å². The highest BCUT2D eigenvalue weighted by atomic mass is 127. The van der Waals surface area contributed by atoms with E-state index in [9.17, 15) is 9.59 Å². The molecular weight excluding hydrogens is 407 g/mol. The maximum absolute atomic E-state index is 12.1. The number of thiophene rings is 1. The molecule has 4 nitrogen and oxygen atoms in total. The fourth-order valence-electron chi connectivity index (χ4n) is 1.47. The zero-order valence-corrected chi connectivity index (χ0v) is 14.1. The summed E-state index contributed by atoms with van der Waals surface area (Å²) in [6, 6.07) is 9.17. The molecule has 1 aromatic heterocycles. The summed E-state index contributed by atoms with van der Waals surface area (Å²) in [5.74, 6) is -0.358. The molecule has 0 atom stereocenters. The largest absolute Gasteiger partial charge is 0.369 e. The van der Waals surface area contributed by atoms with Gasteiger partial charge in [0.05, 0.1) is 19.9 Å². The average molecular weight is 418 g/mol. The standard InChI is InChI=1S/C13H11IN2O2S2/c14-11-5-8(6-20-11)13(18)16-9-3-1-2-4-10(9)19-7-12(15)17/h1-6H,7H2,(H2,15,17)(H,16,18). The predicted octanol–water partition coefficient (Wildman–Crippen LogP) is 3.18. The van der Waals surface area contributed by atoms with Crippen molar-refractivity contribution in [2.75, 3.05) is 11.1 Å². The Balaban J connectivity index is 2.12. The van der Waals surface area contributed by atoms with E-state index in [2.05, 4.69) is 27.9 Å². The molecule has 0 aliphatic heterocycles. The van der Waals surface area contributed by atoms with Gasteiger partial charge in [0.25, 0.3) is 5.91 Å². The van der Waals surface area contributed by atoms with Gasteiger partial charge in [-0.3, -0.25) is 9.59 Å². The van der Waals surface area contributed by atoms with Crippen molar-refractivity contribution in [2.24, 2.45) is 5.73 Å². The molecule has 104 valence electrons. The zero-order chi connectivity index (χ0) is 14.5. The molecule has 0 bridgehead atoms. The summed E-state index contributed by atoms with van der Waals surface area (Å²) in [4.78, 5) is 23.8. The van der Waals surface area contributed by atoms with Crippen LogP contribution in [0.25, 0.3) is 0 Å². The normalized spacial score (nSPS) is 10.2. The number of benzene rings is 1. The molecule has 7 heteroatoms. The predicted molar refractivity (Wildman–Crippen MR) is 91.3 cm³/mol. The number of thioether (sulfide) groups is 1. The Bertz CT molecular complexity index is 643. The van der Waals surface area contributed by atoms with E-state index >= 15 is 0 Å². The molecule has 0 aliphatic rings. The third-order valence-electron chi connectivity index (χ3n) is 2.33.